The Morgan fingerprint density at radius 1 is 1.15 bits per heavy atom. The molecule has 1 N–H and O–H groups in total. The average Bonchev–Trinajstić information content (AvgIpc) is 2.76. The third-order valence-corrected chi connectivity index (χ3v) is 3.33. The zero-order chi connectivity index (χ0) is 14.3. The van der Waals surface area contributed by atoms with Crippen LogP contribution in [0.25, 0.3) is 16.7 Å². The van der Waals surface area contributed by atoms with Gasteiger partial charge in [0.25, 0.3) is 0 Å². The van der Waals surface area contributed by atoms with Gasteiger partial charge in [0.1, 0.15) is 17.1 Å². The molecule has 1 aromatic heterocycles. The molecule has 0 unspecified atom stereocenters. The van der Waals surface area contributed by atoms with Gasteiger partial charge in [0.05, 0.1) is 12.6 Å². The highest BCUT2D eigenvalue weighted by molar-refractivity contribution is 7.71. The minimum absolute atomic E-state index is 0.187. The molecule has 0 saturated carbocycles. The number of halogens is 2. The fourth-order valence-electron chi connectivity index (χ4n) is 2.12. The summed E-state index contributed by atoms with van der Waals surface area (Å²) in [6.07, 6.45) is 0. The first-order valence-electron chi connectivity index (χ1n) is 5.84. The van der Waals surface area contributed by atoms with Crippen LogP contribution in [0, 0.1) is 16.4 Å². The lowest BCUT2D eigenvalue weighted by atomic mass is 10.2. The monoisotopic (exact) mass is 292 g/mol. The Labute approximate surface area is 118 Å². The highest BCUT2D eigenvalue weighted by Crippen LogP contribution is 2.24. The number of ether oxygens (including phenoxy) is 1. The zero-order valence-corrected chi connectivity index (χ0v) is 11.3. The van der Waals surface area contributed by atoms with Crippen molar-refractivity contribution in [2.75, 3.05) is 7.11 Å². The van der Waals surface area contributed by atoms with Crippen LogP contribution in [0.3, 0.4) is 0 Å². The topological polar surface area (TPSA) is 29.9 Å². The fraction of sp³-hybridized carbons (Fsp3) is 0.0714. The van der Waals surface area contributed by atoms with Crippen molar-refractivity contribution in [2.45, 2.75) is 0 Å². The van der Waals surface area contributed by atoms with Crippen LogP contribution in [0.2, 0.25) is 0 Å². The van der Waals surface area contributed by atoms with Gasteiger partial charge in [-0.3, -0.25) is 4.57 Å². The van der Waals surface area contributed by atoms with Crippen LogP contribution in [-0.2, 0) is 0 Å². The van der Waals surface area contributed by atoms with Gasteiger partial charge in [-0.1, -0.05) is 0 Å². The SMILES string of the molecule is COc1ccc(-n2c(=S)[nH]c3c(F)cc(F)cc32)cc1. The maximum Gasteiger partial charge on any atom is 0.182 e. The van der Waals surface area contributed by atoms with Crippen molar-refractivity contribution in [1.29, 1.82) is 0 Å². The van der Waals surface area contributed by atoms with Gasteiger partial charge in [-0.25, -0.2) is 8.78 Å². The number of aromatic amines is 1. The molecule has 6 heteroatoms. The summed E-state index contributed by atoms with van der Waals surface area (Å²) < 4.78 is 34.1. The number of aromatic nitrogens is 2. The molecule has 0 bridgehead atoms. The summed E-state index contributed by atoms with van der Waals surface area (Å²) in [5, 5.41) is 0. The van der Waals surface area contributed by atoms with Gasteiger partial charge >= 0.3 is 0 Å². The highest BCUT2D eigenvalue weighted by atomic mass is 32.1. The minimum atomic E-state index is -0.668. The van der Waals surface area contributed by atoms with Crippen LogP contribution in [0.15, 0.2) is 36.4 Å². The van der Waals surface area contributed by atoms with E-state index in [0.29, 0.717) is 21.7 Å². The highest BCUT2D eigenvalue weighted by Gasteiger charge is 2.12. The summed E-state index contributed by atoms with van der Waals surface area (Å²) in [5.74, 6) is -0.623. The Morgan fingerprint density at radius 2 is 1.85 bits per heavy atom. The molecule has 3 rings (SSSR count). The zero-order valence-electron chi connectivity index (χ0n) is 10.5. The predicted octanol–water partition coefficient (Wildman–Crippen LogP) is 3.97. The Balaban J connectivity index is 2.29. The van der Waals surface area contributed by atoms with Crippen LogP contribution in [0.5, 0.6) is 5.75 Å². The molecule has 3 nitrogen and oxygen atoms in total. The van der Waals surface area contributed by atoms with E-state index in [2.05, 4.69) is 4.98 Å². The molecule has 0 radical (unpaired) electrons. The van der Waals surface area contributed by atoms with Gasteiger partial charge < -0.3 is 9.72 Å². The second kappa shape index (κ2) is 4.72. The number of nitrogens with zero attached hydrogens (tertiary/aromatic N) is 1. The molecule has 102 valence electrons. The largest absolute Gasteiger partial charge is 0.497 e. The van der Waals surface area contributed by atoms with Crippen LogP contribution in [0.1, 0.15) is 0 Å². The molecule has 2 aromatic carbocycles. The molecule has 0 amide bonds. The minimum Gasteiger partial charge on any atom is -0.497 e. The van der Waals surface area contributed by atoms with Crippen molar-refractivity contribution >= 4 is 23.3 Å². The molecule has 1 heterocycles. The molecule has 0 aliphatic heterocycles. The number of hydrogen-bond acceptors (Lipinski definition) is 2. The Bertz CT molecular complexity index is 837. The second-order valence-corrected chi connectivity index (χ2v) is 4.63. The first-order valence-corrected chi connectivity index (χ1v) is 6.25. The van der Waals surface area contributed by atoms with Crippen molar-refractivity contribution in [2.24, 2.45) is 0 Å². The van der Waals surface area contributed by atoms with Crippen LogP contribution in [0.4, 0.5) is 8.78 Å². The molecular formula is C14H10F2N2OS. The quantitative estimate of drug-likeness (QED) is 0.724. The van der Waals surface area contributed by atoms with Crippen molar-refractivity contribution in [3.05, 3.63) is 52.8 Å². The standard InChI is InChI=1S/C14H10F2N2OS/c1-19-10-4-2-9(3-5-10)18-12-7-8(15)6-11(16)13(12)17-14(18)20/h2-7H,1H3,(H,17,20). The molecule has 0 aliphatic rings. The summed E-state index contributed by atoms with van der Waals surface area (Å²) in [7, 11) is 1.57. The van der Waals surface area contributed by atoms with E-state index in [9.17, 15) is 8.78 Å². The Kier molecular flexibility index (Phi) is 3.02. The van der Waals surface area contributed by atoms with E-state index in [1.807, 2.05) is 0 Å². The van der Waals surface area contributed by atoms with Gasteiger partial charge in [-0.05, 0) is 36.5 Å². The van der Waals surface area contributed by atoms with Crippen molar-refractivity contribution in [3.8, 4) is 11.4 Å². The third kappa shape index (κ3) is 1.98. The summed E-state index contributed by atoms with van der Waals surface area (Å²) in [6, 6.07) is 9.12. The van der Waals surface area contributed by atoms with Crippen LogP contribution in [-0.4, -0.2) is 16.7 Å². The summed E-state index contributed by atoms with van der Waals surface area (Å²) >= 11 is 5.19. The van der Waals surface area contributed by atoms with E-state index in [0.717, 1.165) is 6.07 Å². The second-order valence-electron chi connectivity index (χ2n) is 4.25. The lowest BCUT2D eigenvalue weighted by molar-refractivity contribution is 0.415. The molecular weight excluding hydrogens is 282 g/mol. The fourth-order valence-corrected chi connectivity index (χ4v) is 2.43. The number of methoxy groups -OCH3 is 1. The Hall–Kier alpha value is -2.21. The first-order chi connectivity index (χ1) is 9.60. The maximum atomic E-state index is 13.7. The molecule has 0 saturated heterocycles. The van der Waals surface area contributed by atoms with Crippen molar-refractivity contribution < 1.29 is 13.5 Å². The van der Waals surface area contributed by atoms with E-state index in [4.69, 9.17) is 17.0 Å². The number of benzene rings is 2. The summed E-state index contributed by atoms with van der Waals surface area (Å²) in [6.45, 7) is 0. The van der Waals surface area contributed by atoms with Crippen LogP contribution >= 0.6 is 12.2 Å². The van der Waals surface area contributed by atoms with E-state index in [-0.39, 0.29) is 5.52 Å². The number of hydrogen-bond donors (Lipinski definition) is 1. The maximum absolute atomic E-state index is 13.7. The van der Waals surface area contributed by atoms with Gasteiger partial charge in [-0.15, -0.1) is 0 Å². The third-order valence-electron chi connectivity index (χ3n) is 3.04. The number of imidazole rings is 1. The molecule has 20 heavy (non-hydrogen) atoms. The molecule has 0 aliphatic carbocycles. The number of nitrogens with one attached hydrogen (secondary N) is 1. The lowest BCUT2D eigenvalue weighted by Crippen LogP contribution is -1.95. The van der Waals surface area contributed by atoms with E-state index < -0.39 is 11.6 Å². The molecule has 3 aromatic rings. The Morgan fingerprint density at radius 3 is 2.50 bits per heavy atom. The number of rotatable bonds is 2. The summed E-state index contributed by atoms with van der Waals surface area (Å²) in [4.78, 5) is 2.75. The lowest BCUT2D eigenvalue weighted by Gasteiger charge is -2.06. The number of fused-ring (bicyclic) bond motifs is 1. The normalized spacial score (nSPS) is 10.9. The molecule has 0 spiro atoms. The molecule has 0 fully saturated rings. The van der Waals surface area contributed by atoms with Gasteiger partial charge in [0.15, 0.2) is 10.6 Å². The average molecular weight is 292 g/mol. The first kappa shape index (κ1) is 12.8. The van der Waals surface area contributed by atoms with Gasteiger partial charge in [0, 0.05) is 17.8 Å². The van der Waals surface area contributed by atoms with E-state index in [1.54, 1.807) is 35.9 Å². The van der Waals surface area contributed by atoms with E-state index >= 15 is 0 Å². The van der Waals surface area contributed by atoms with Gasteiger partial charge in [-0.2, -0.15) is 0 Å². The van der Waals surface area contributed by atoms with E-state index in [1.165, 1.54) is 6.07 Å². The smallest absolute Gasteiger partial charge is 0.182 e. The van der Waals surface area contributed by atoms with Crippen molar-refractivity contribution in [3.63, 3.8) is 0 Å². The molecule has 0 atom stereocenters. The predicted molar refractivity (Wildman–Crippen MR) is 74.9 cm³/mol. The van der Waals surface area contributed by atoms with Gasteiger partial charge in [0.2, 0.25) is 0 Å². The van der Waals surface area contributed by atoms with Crippen LogP contribution < -0.4 is 4.74 Å². The van der Waals surface area contributed by atoms with Crippen molar-refractivity contribution in [1.82, 2.24) is 9.55 Å². The number of H-pyrrole nitrogens is 1. The summed E-state index contributed by atoms with van der Waals surface area (Å²) in [5.41, 5.74) is 1.25.